The molecular formula is C26H39NO4. The molecule has 0 aliphatic heterocycles. The zero-order valence-corrected chi connectivity index (χ0v) is 18.9. The number of carbonyl (C=O) groups is 1. The van der Waals surface area contributed by atoms with E-state index in [1.807, 2.05) is 18.2 Å². The molecule has 0 aromatic heterocycles. The maximum absolute atomic E-state index is 12.5. The SMILES string of the molecule is O=C(CCCCOCCOCCOCc1ccccc1)NC12CC3CC(CC(C3)C1)C2. The molecule has 5 heteroatoms. The fraction of sp³-hybridized carbons (Fsp3) is 0.731. The van der Waals surface area contributed by atoms with Crippen molar-refractivity contribution in [1.29, 1.82) is 0 Å². The minimum Gasteiger partial charge on any atom is -0.379 e. The minimum absolute atomic E-state index is 0.143. The van der Waals surface area contributed by atoms with Crippen molar-refractivity contribution in [1.82, 2.24) is 5.32 Å². The number of amides is 1. The summed E-state index contributed by atoms with van der Waals surface area (Å²) in [5.74, 6) is 2.87. The van der Waals surface area contributed by atoms with Gasteiger partial charge in [0, 0.05) is 18.6 Å². The summed E-state index contributed by atoms with van der Waals surface area (Å²) in [6.07, 6.45) is 10.4. The van der Waals surface area contributed by atoms with Gasteiger partial charge in [-0.3, -0.25) is 4.79 Å². The molecular weight excluding hydrogens is 390 g/mol. The lowest BCUT2D eigenvalue weighted by atomic mass is 9.53. The van der Waals surface area contributed by atoms with Crippen molar-refractivity contribution in [2.75, 3.05) is 33.0 Å². The third-order valence-corrected chi connectivity index (χ3v) is 7.24. The first-order valence-electron chi connectivity index (χ1n) is 12.3. The summed E-state index contributed by atoms with van der Waals surface area (Å²) in [7, 11) is 0. The van der Waals surface area contributed by atoms with Crippen LogP contribution in [0.4, 0.5) is 0 Å². The van der Waals surface area contributed by atoms with E-state index in [4.69, 9.17) is 14.2 Å². The lowest BCUT2D eigenvalue weighted by molar-refractivity contribution is -0.127. The molecule has 5 nitrogen and oxygen atoms in total. The third-order valence-electron chi connectivity index (χ3n) is 7.24. The Labute approximate surface area is 187 Å². The molecule has 0 saturated heterocycles. The van der Waals surface area contributed by atoms with Gasteiger partial charge in [-0.25, -0.2) is 0 Å². The quantitative estimate of drug-likeness (QED) is 0.443. The van der Waals surface area contributed by atoms with Crippen LogP contribution in [0.15, 0.2) is 30.3 Å². The minimum atomic E-state index is 0.143. The molecule has 1 aromatic carbocycles. The highest BCUT2D eigenvalue weighted by molar-refractivity contribution is 5.76. The molecule has 1 amide bonds. The predicted octanol–water partition coefficient (Wildman–Crippen LogP) is 4.49. The monoisotopic (exact) mass is 429 g/mol. The molecule has 0 heterocycles. The average molecular weight is 430 g/mol. The highest BCUT2D eigenvalue weighted by Crippen LogP contribution is 2.55. The van der Waals surface area contributed by atoms with Gasteiger partial charge in [0.15, 0.2) is 0 Å². The van der Waals surface area contributed by atoms with Crippen molar-refractivity contribution in [3.63, 3.8) is 0 Å². The Bertz CT molecular complexity index is 642. The van der Waals surface area contributed by atoms with E-state index in [9.17, 15) is 4.79 Å². The van der Waals surface area contributed by atoms with E-state index in [0.29, 0.717) is 46.1 Å². The number of unbranched alkanes of at least 4 members (excludes halogenated alkanes) is 1. The van der Waals surface area contributed by atoms with Gasteiger partial charge in [-0.1, -0.05) is 30.3 Å². The van der Waals surface area contributed by atoms with Crippen LogP contribution in [0.3, 0.4) is 0 Å². The first-order valence-corrected chi connectivity index (χ1v) is 12.3. The highest BCUT2D eigenvalue weighted by Gasteiger charge is 2.51. The lowest BCUT2D eigenvalue weighted by Crippen LogP contribution is -2.59. The first-order chi connectivity index (χ1) is 15.2. The second kappa shape index (κ2) is 11.4. The second-order valence-corrected chi connectivity index (χ2v) is 9.97. The normalized spacial score (nSPS) is 28.7. The number of nitrogens with one attached hydrogen (secondary N) is 1. The summed E-state index contributed by atoms with van der Waals surface area (Å²) in [5, 5.41) is 3.46. The van der Waals surface area contributed by atoms with E-state index in [2.05, 4.69) is 17.4 Å². The molecule has 4 bridgehead atoms. The van der Waals surface area contributed by atoms with Gasteiger partial charge in [-0.05, 0) is 74.7 Å². The van der Waals surface area contributed by atoms with Crippen molar-refractivity contribution in [3.05, 3.63) is 35.9 Å². The largest absolute Gasteiger partial charge is 0.379 e. The van der Waals surface area contributed by atoms with Crippen LogP contribution in [-0.4, -0.2) is 44.5 Å². The summed E-state index contributed by atoms with van der Waals surface area (Å²) >= 11 is 0. The van der Waals surface area contributed by atoms with E-state index >= 15 is 0 Å². The van der Waals surface area contributed by atoms with Crippen LogP contribution in [-0.2, 0) is 25.6 Å². The average Bonchev–Trinajstić information content (AvgIpc) is 2.74. The van der Waals surface area contributed by atoms with Crippen LogP contribution in [0.25, 0.3) is 0 Å². The molecule has 31 heavy (non-hydrogen) atoms. The fourth-order valence-corrected chi connectivity index (χ4v) is 6.32. The molecule has 0 unspecified atom stereocenters. The smallest absolute Gasteiger partial charge is 0.220 e. The molecule has 4 aliphatic rings. The van der Waals surface area contributed by atoms with E-state index in [0.717, 1.165) is 30.6 Å². The molecule has 0 atom stereocenters. The van der Waals surface area contributed by atoms with Gasteiger partial charge < -0.3 is 19.5 Å². The summed E-state index contributed by atoms with van der Waals surface area (Å²) in [4.78, 5) is 12.5. The Morgan fingerprint density at radius 2 is 1.39 bits per heavy atom. The summed E-state index contributed by atoms with van der Waals surface area (Å²) in [6.45, 7) is 3.67. The van der Waals surface area contributed by atoms with E-state index in [1.165, 1.54) is 44.1 Å². The van der Waals surface area contributed by atoms with Crippen LogP contribution < -0.4 is 5.32 Å². The van der Waals surface area contributed by atoms with Crippen molar-refractivity contribution in [2.45, 2.75) is 69.9 Å². The fourth-order valence-electron chi connectivity index (χ4n) is 6.32. The Hall–Kier alpha value is -1.43. The molecule has 172 valence electrons. The van der Waals surface area contributed by atoms with Gasteiger partial charge in [0.05, 0.1) is 33.0 Å². The molecule has 0 radical (unpaired) electrons. The predicted molar refractivity (Wildman–Crippen MR) is 121 cm³/mol. The van der Waals surface area contributed by atoms with Crippen LogP contribution in [0.2, 0.25) is 0 Å². The van der Waals surface area contributed by atoms with Gasteiger partial charge in [0.2, 0.25) is 5.91 Å². The van der Waals surface area contributed by atoms with Crippen molar-refractivity contribution >= 4 is 5.91 Å². The van der Waals surface area contributed by atoms with Gasteiger partial charge >= 0.3 is 0 Å². The maximum Gasteiger partial charge on any atom is 0.220 e. The maximum atomic E-state index is 12.5. The zero-order valence-electron chi connectivity index (χ0n) is 18.9. The molecule has 1 N–H and O–H groups in total. The van der Waals surface area contributed by atoms with Crippen LogP contribution >= 0.6 is 0 Å². The standard InChI is InChI=1S/C26H39NO4/c28-25(27-26-17-22-14-23(18-26)16-24(15-22)19-26)8-4-5-9-29-10-11-30-12-13-31-20-21-6-2-1-3-7-21/h1-3,6-7,22-24H,4-5,8-20H2,(H,27,28). The number of hydrogen-bond donors (Lipinski definition) is 1. The summed E-state index contributed by atoms with van der Waals surface area (Å²) < 4.78 is 16.7. The number of hydrogen-bond acceptors (Lipinski definition) is 4. The zero-order chi connectivity index (χ0) is 21.4. The topological polar surface area (TPSA) is 56.8 Å². The molecule has 4 saturated carbocycles. The molecule has 4 aliphatic carbocycles. The highest BCUT2D eigenvalue weighted by atomic mass is 16.5. The van der Waals surface area contributed by atoms with E-state index < -0.39 is 0 Å². The number of rotatable bonds is 14. The summed E-state index contributed by atoms with van der Waals surface area (Å²) in [6, 6.07) is 10.2. The lowest BCUT2D eigenvalue weighted by Gasteiger charge is -2.56. The van der Waals surface area contributed by atoms with Crippen LogP contribution in [0.1, 0.15) is 63.4 Å². The molecule has 1 aromatic rings. The molecule has 5 rings (SSSR count). The number of carbonyl (C=O) groups excluding carboxylic acids is 1. The van der Waals surface area contributed by atoms with Gasteiger partial charge in [0.1, 0.15) is 0 Å². The number of ether oxygens (including phenoxy) is 3. The Morgan fingerprint density at radius 3 is 2.03 bits per heavy atom. The van der Waals surface area contributed by atoms with E-state index in [-0.39, 0.29) is 11.4 Å². The van der Waals surface area contributed by atoms with Crippen LogP contribution in [0, 0.1) is 17.8 Å². The second-order valence-electron chi connectivity index (χ2n) is 9.97. The number of benzene rings is 1. The third kappa shape index (κ3) is 7.03. The van der Waals surface area contributed by atoms with Crippen molar-refractivity contribution in [3.8, 4) is 0 Å². The Kier molecular flexibility index (Phi) is 8.40. The molecule has 4 fully saturated rings. The van der Waals surface area contributed by atoms with Gasteiger partial charge in [-0.15, -0.1) is 0 Å². The van der Waals surface area contributed by atoms with E-state index in [1.54, 1.807) is 0 Å². The van der Waals surface area contributed by atoms with Gasteiger partial charge in [0.25, 0.3) is 0 Å². The first kappa shape index (κ1) is 22.8. The molecule has 0 spiro atoms. The van der Waals surface area contributed by atoms with Crippen molar-refractivity contribution < 1.29 is 19.0 Å². The van der Waals surface area contributed by atoms with Gasteiger partial charge in [-0.2, -0.15) is 0 Å². The Morgan fingerprint density at radius 1 is 0.806 bits per heavy atom. The van der Waals surface area contributed by atoms with Crippen LogP contribution in [0.5, 0.6) is 0 Å². The van der Waals surface area contributed by atoms with Crippen molar-refractivity contribution in [2.24, 2.45) is 17.8 Å². The Balaban J connectivity index is 0.953. The summed E-state index contributed by atoms with van der Waals surface area (Å²) in [5.41, 5.74) is 1.32.